The molecule has 96 valence electrons. The number of nitrogens with two attached hydrogens (primary N) is 1. The smallest absolute Gasteiger partial charge is 0.220 e. The standard InChI is InChI=1S/C14H19N3O/c15-13-3-1-2-10-8-17(7-6-12(10)13)9-11-4-5-14(18)16-11/h1-3,11H,4-9,15H2,(H,16,18). The molecule has 1 aromatic carbocycles. The van der Waals surface area contributed by atoms with Crippen molar-refractivity contribution in [3.8, 4) is 0 Å². The number of anilines is 1. The van der Waals surface area contributed by atoms with Crippen molar-refractivity contribution in [2.75, 3.05) is 18.8 Å². The molecular formula is C14H19N3O. The summed E-state index contributed by atoms with van der Waals surface area (Å²) in [5, 5.41) is 3.03. The first-order valence-corrected chi connectivity index (χ1v) is 6.60. The highest BCUT2D eigenvalue weighted by Gasteiger charge is 2.25. The second-order valence-electron chi connectivity index (χ2n) is 5.27. The third-order valence-electron chi connectivity index (χ3n) is 3.94. The zero-order valence-electron chi connectivity index (χ0n) is 10.5. The average Bonchev–Trinajstić information content (AvgIpc) is 2.75. The molecule has 1 aromatic rings. The highest BCUT2D eigenvalue weighted by atomic mass is 16.1. The molecule has 1 amide bonds. The Morgan fingerprint density at radius 3 is 3.06 bits per heavy atom. The number of fused-ring (bicyclic) bond motifs is 1. The molecule has 1 saturated heterocycles. The molecule has 1 unspecified atom stereocenters. The van der Waals surface area contributed by atoms with Gasteiger partial charge in [-0.1, -0.05) is 12.1 Å². The number of nitrogens with zero attached hydrogens (tertiary/aromatic N) is 1. The summed E-state index contributed by atoms with van der Waals surface area (Å²) in [7, 11) is 0. The minimum atomic E-state index is 0.196. The summed E-state index contributed by atoms with van der Waals surface area (Å²) in [5.41, 5.74) is 9.56. The van der Waals surface area contributed by atoms with Crippen molar-refractivity contribution in [2.24, 2.45) is 0 Å². The van der Waals surface area contributed by atoms with Crippen LogP contribution in [0.3, 0.4) is 0 Å². The molecule has 0 bridgehead atoms. The molecule has 1 fully saturated rings. The van der Waals surface area contributed by atoms with Crippen molar-refractivity contribution >= 4 is 11.6 Å². The summed E-state index contributed by atoms with van der Waals surface area (Å²) < 4.78 is 0. The van der Waals surface area contributed by atoms with E-state index in [0.717, 1.165) is 38.2 Å². The lowest BCUT2D eigenvalue weighted by Gasteiger charge is -2.31. The molecule has 4 nitrogen and oxygen atoms in total. The number of carbonyl (C=O) groups excluding carboxylic acids is 1. The molecule has 0 aromatic heterocycles. The monoisotopic (exact) mass is 245 g/mol. The van der Waals surface area contributed by atoms with Crippen LogP contribution in [-0.2, 0) is 17.8 Å². The number of nitrogen functional groups attached to an aromatic ring is 1. The molecule has 0 aliphatic carbocycles. The summed E-state index contributed by atoms with van der Waals surface area (Å²) in [5.74, 6) is 0.196. The van der Waals surface area contributed by atoms with Crippen LogP contribution in [0.1, 0.15) is 24.0 Å². The molecule has 2 aliphatic heterocycles. The van der Waals surface area contributed by atoms with E-state index in [1.165, 1.54) is 11.1 Å². The lowest BCUT2D eigenvalue weighted by Crippen LogP contribution is -2.41. The summed E-state index contributed by atoms with van der Waals surface area (Å²) in [6.45, 7) is 2.94. The van der Waals surface area contributed by atoms with Gasteiger partial charge < -0.3 is 11.1 Å². The summed E-state index contributed by atoms with van der Waals surface area (Å²) in [6.07, 6.45) is 2.67. The average molecular weight is 245 g/mol. The fourth-order valence-corrected chi connectivity index (χ4v) is 2.98. The number of amides is 1. The van der Waals surface area contributed by atoms with Crippen molar-refractivity contribution in [3.63, 3.8) is 0 Å². The third kappa shape index (κ3) is 2.20. The molecule has 0 saturated carbocycles. The van der Waals surface area contributed by atoms with Crippen LogP contribution in [0.25, 0.3) is 0 Å². The van der Waals surface area contributed by atoms with Gasteiger partial charge >= 0.3 is 0 Å². The van der Waals surface area contributed by atoms with Gasteiger partial charge in [0.15, 0.2) is 0 Å². The lowest BCUT2D eigenvalue weighted by atomic mass is 9.97. The van der Waals surface area contributed by atoms with Gasteiger partial charge in [-0.05, 0) is 30.0 Å². The van der Waals surface area contributed by atoms with Gasteiger partial charge in [0, 0.05) is 37.8 Å². The third-order valence-corrected chi connectivity index (χ3v) is 3.94. The Kier molecular flexibility index (Phi) is 2.96. The van der Waals surface area contributed by atoms with Crippen molar-refractivity contribution in [1.82, 2.24) is 10.2 Å². The van der Waals surface area contributed by atoms with Crippen molar-refractivity contribution in [2.45, 2.75) is 31.8 Å². The Bertz CT molecular complexity index is 472. The molecule has 2 aliphatic rings. The minimum Gasteiger partial charge on any atom is -0.398 e. The Hall–Kier alpha value is -1.55. The fraction of sp³-hybridized carbons (Fsp3) is 0.500. The van der Waals surface area contributed by atoms with Crippen LogP contribution in [0.5, 0.6) is 0 Å². The highest BCUT2D eigenvalue weighted by molar-refractivity contribution is 5.78. The van der Waals surface area contributed by atoms with E-state index in [-0.39, 0.29) is 5.91 Å². The van der Waals surface area contributed by atoms with E-state index in [4.69, 9.17) is 5.73 Å². The molecule has 0 spiro atoms. The zero-order chi connectivity index (χ0) is 12.5. The first-order valence-electron chi connectivity index (χ1n) is 6.60. The number of benzene rings is 1. The SMILES string of the molecule is Nc1cccc2c1CCN(CC1CCC(=O)N1)C2. The van der Waals surface area contributed by atoms with Crippen LogP contribution < -0.4 is 11.1 Å². The van der Waals surface area contributed by atoms with Crippen molar-refractivity contribution in [1.29, 1.82) is 0 Å². The molecule has 3 N–H and O–H groups in total. The first kappa shape index (κ1) is 11.5. The van der Waals surface area contributed by atoms with E-state index >= 15 is 0 Å². The minimum absolute atomic E-state index is 0.196. The van der Waals surface area contributed by atoms with Crippen LogP contribution in [0, 0.1) is 0 Å². The molecule has 0 radical (unpaired) electrons. The van der Waals surface area contributed by atoms with Gasteiger partial charge in [-0.15, -0.1) is 0 Å². The van der Waals surface area contributed by atoms with Crippen LogP contribution in [0.2, 0.25) is 0 Å². The lowest BCUT2D eigenvalue weighted by molar-refractivity contribution is -0.119. The van der Waals surface area contributed by atoms with Gasteiger partial charge in [0.25, 0.3) is 0 Å². The largest absolute Gasteiger partial charge is 0.398 e. The highest BCUT2D eigenvalue weighted by Crippen LogP contribution is 2.24. The maximum absolute atomic E-state index is 11.2. The molecule has 3 rings (SSSR count). The van der Waals surface area contributed by atoms with E-state index < -0.39 is 0 Å². The van der Waals surface area contributed by atoms with Gasteiger partial charge in [0.05, 0.1) is 0 Å². The molecular weight excluding hydrogens is 226 g/mol. The molecule has 18 heavy (non-hydrogen) atoms. The summed E-state index contributed by atoms with van der Waals surface area (Å²) in [4.78, 5) is 13.6. The number of rotatable bonds is 2. The summed E-state index contributed by atoms with van der Waals surface area (Å²) in [6, 6.07) is 6.49. The number of nitrogens with one attached hydrogen (secondary N) is 1. The van der Waals surface area contributed by atoms with Gasteiger partial charge in [-0.3, -0.25) is 9.69 Å². The first-order chi connectivity index (χ1) is 8.72. The normalized spacial score (nSPS) is 23.8. The van der Waals surface area contributed by atoms with E-state index in [2.05, 4.69) is 16.3 Å². The van der Waals surface area contributed by atoms with E-state index in [1.54, 1.807) is 0 Å². The van der Waals surface area contributed by atoms with Gasteiger partial charge in [-0.25, -0.2) is 0 Å². The Morgan fingerprint density at radius 2 is 2.28 bits per heavy atom. The van der Waals surface area contributed by atoms with Gasteiger partial charge in [0.2, 0.25) is 5.91 Å². The number of hydrogen-bond acceptors (Lipinski definition) is 3. The summed E-state index contributed by atoms with van der Waals surface area (Å²) >= 11 is 0. The van der Waals surface area contributed by atoms with Crippen LogP contribution in [0.15, 0.2) is 18.2 Å². The zero-order valence-corrected chi connectivity index (χ0v) is 10.5. The predicted molar refractivity (Wildman–Crippen MR) is 71.0 cm³/mol. The molecule has 2 heterocycles. The van der Waals surface area contributed by atoms with E-state index in [9.17, 15) is 4.79 Å². The second-order valence-corrected chi connectivity index (χ2v) is 5.27. The fourth-order valence-electron chi connectivity index (χ4n) is 2.98. The second kappa shape index (κ2) is 4.61. The Balaban J connectivity index is 1.66. The number of carbonyl (C=O) groups is 1. The topological polar surface area (TPSA) is 58.4 Å². The Labute approximate surface area is 107 Å². The quantitative estimate of drug-likeness (QED) is 0.761. The van der Waals surface area contributed by atoms with Gasteiger partial charge in [-0.2, -0.15) is 0 Å². The van der Waals surface area contributed by atoms with E-state index in [1.807, 2.05) is 12.1 Å². The Morgan fingerprint density at radius 1 is 1.39 bits per heavy atom. The van der Waals surface area contributed by atoms with Crippen molar-refractivity contribution < 1.29 is 4.79 Å². The van der Waals surface area contributed by atoms with Crippen LogP contribution in [0.4, 0.5) is 5.69 Å². The molecule has 4 heteroatoms. The molecule has 1 atom stereocenters. The predicted octanol–water partition coefficient (Wildman–Crippen LogP) is 0.905. The van der Waals surface area contributed by atoms with E-state index in [0.29, 0.717) is 12.5 Å². The van der Waals surface area contributed by atoms with Crippen molar-refractivity contribution in [3.05, 3.63) is 29.3 Å². The maximum atomic E-state index is 11.2. The van der Waals surface area contributed by atoms with Crippen LogP contribution in [-0.4, -0.2) is 29.9 Å². The number of hydrogen-bond donors (Lipinski definition) is 2. The maximum Gasteiger partial charge on any atom is 0.220 e. The van der Waals surface area contributed by atoms with Gasteiger partial charge in [0.1, 0.15) is 0 Å². The van der Waals surface area contributed by atoms with Crippen LogP contribution >= 0.6 is 0 Å².